The normalized spacial score (nSPS) is 10.6. The van der Waals surface area contributed by atoms with Crippen molar-refractivity contribution in [1.29, 1.82) is 0 Å². The lowest BCUT2D eigenvalue weighted by Gasteiger charge is -2.16. The monoisotopic (exact) mass is 292 g/mol. The molecule has 106 valence electrons. The second-order valence-electron chi connectivity index (χ2n) is 4.57. The molecule has 0 aliphatic carbocycles. The molecular formula is C14H17ClN4O. The van der Waals surface area contributed by atoms with Crippen LogP contribution in [0.3, 0.4) is 0 Å². The van der Waals surface area contributed by atoms with Crippen LogP contribution in [0, 0.1) is 0 Å². The zero-order valence-corrected chi connectivity index (χ0v) is 12.3. The number of nitrogens with zero attached hydrogens (tertiary/aromatic N) is 3. The van der Waals surface area contributed by atoms with E-state index in [0.717, 1.165) is 17.8 Å². The molecule has 2 N–H and O–H groups in total. The molecule has 0 amide bonds. The van der Waals surface area contributed by atoms with E-state index in [4.69, 9.17) is 17.3 Å². The Bertz CT molecular complexity index is 668. The van der Waals surface area contributed by atoms with Crippen molar-refractivity contribution in [1.82, 2.24) is 9.78 Å². The zero-order chi connectivity index (χ0) is 14.7. The molecule has 0 saturated carbocycles. The number of benzene rings is 1. The van der Waals surface area contributed by atoms with E-state index < -0.39 is 0 Å². The van der Waals surface area contributed by atoms with E-state index in [-0.39, 0.29) is 5.56 Å². The summed E-state index contributed by atoms with van der Waals surface area (Å²) in [6.07, 6.45) is 1.67. The fraction of sp³-hybridized carbons (Fsp3) is 0.286. The molecule has 0 unspecified atom stereocenters. The maximum atomic E-state index is 12.1. The van der Waals surface area contributed by atoms with Crippen LogP contribution < -0.4 is 16.2 Å². The first kappa shape index (κ1) is 14.4. The van der Waals surface area contributed by atoms with Gasteiger partial charge in [-0.3, -0.25) is 4.79 Å². The number of hydrogen-bond donors (Lipinski definition) is 1. The SMILES string of the molecule is CCN(C)c1cnn(Cc2cc(N)ccc2Cl)c(=O)c1. The summed E-state index contributed by atoms with van der Waals surface area (Å²) in [6.45, 7) is 3.13. The average Bonchev–Trinajstić information content (AvgIpc) is 2.44. The third-order valence-corrected chi connectivity index (χ3v) is 3.53. The maximum absolute atomic E-state index is 12.1. The first-order valence-corrected chi connectivity index (χ1v) is 6.71. The van der Waals surface area contributed by atoms with Gasteiger partial charge in [0.2, 0.25) is 0 Å². The van der Waals surface area contributed by atoms with Crippen molar-refractivity contribution >= 4 is 23.0 Å². The Morgan fingerprint density at radius 1 is 1.40 bits per heavy atom. The molecule has 0 atom stereocenters. The molecule has 6 heteroatoms. The summed E-state index contributed by atoms with van der Waals surface area (Å²) in [4.78, 5) is 14.0. The van der Waals surface area contributed by atoms with E-state index >= 15 is 0 Å². The van der Waals surface area contributed by atoms with Gasteiger partial charge in [0.05, 0.1) is 18.4 Å². The molecule has 0 radical (unpaired) electrons. The second kappa shape index (κ2) is 5.96. The first-order chi connectivity index (χ1) is 9.51. The number of anilines is 2. The summed E-state index contributed by atoms with van der Waals surface area (Å²) in [5.74, 6) is 0. The average molecular weight is 293 g/mol. The van der Waals surface area contributed by atoms with Crippen molar-refractivity contribution in [2.45, 2.75) is 13.5 Å². The van der Waals surface area contributed by atoms with Gasteiger partial charge in [-0.2, -0.15) is 5.10 Å². The molecule has 1 aromatic heterocycles. The molecule has 2 aromatic rings. The van der Waals surface area contributed by atoms with Crippen molar-refractivity contribution in [3.63, 3.8) is 0 Å². The predicted molar refractivity (Wildman–Crippen MR) is 82.4 cm³/mol. The molecule has 20 heavy (non-hydrogen) atoms. The third-order valence-electron chi connectivity index (χ3n) is 3.16. The van der Waals surface area contributed by atoms with Crippen LogP contribution in [0.1, 0.15) is 12.5 Å². The van der Waals surface area contributed by atoms with E-state index in [9.17, 15) is 4.79 Å². The summed E-state index contributed by atoms with van der Waals surface area (Å²) in [5.41, 5.74) is 7.75. The summed E-state index contributed by atoms with van der Waals surface area (Å²) in [6, 6.07) is 6.76. The van der Waals surface area contributed by atoms with E-state index in [2.05, 4.69) is 5.10 Å². The molecule has 2 rings (SSSR count). The zero-order valence-electron chi connectivity index (χ0n) is 11.5. The number of rotatable bonds is 4. The minimum absolute atomic E-state index is 0.165. The van der Waals surface area contributed by atoms with Crippen LogP contribution in [0.4, 0.5) is 11.4 Å². The molecule has 0 aliphatic heterocycles. The summed E-state index contributed by atoms with van der Waals surface area (Å²) >= 11 is 6.10. The number of nitrogen functional groups attached to an aromatic ring is 1. The smallest absolute Gasteiger partial charge is 0.269 e. The van der Waals surface area contributed by atoms with Gasteiger partial charge in [0, 0.05) is 30.4 Å². The highest BCUT2D eigenvalue weighted by atomic mass is 35.5. The minimum Gasteiger partial charge on any atom is -0.399 e. The van der Waals surface area contributed by atoms with E-state index in [1.54, 1.807) is 30.5 Å². The summed E-state index contributed by atoms with van der Waals surface area (Å²) in [5, 5.41) is 4.75. The van der Waals surface area contributed by atoms with Crippen LogP contribution in [-0.2, 0) is 6.54 Å². The van der Waals surface area contributed by atoms with Crippen LogP contribution in [-0.4, -0.2) is 23.4 Å². The van der Waals surface area contributed by atoms with Gasteiger partial charge >= 0.3 is 0 Å². The Morgan fingerprint density at radius 2 is 2.15 bits per heavy atom. The third kappa shape index (κ3) is 3.11. The predicted octanol–water partition coefficient (Wildman–Crippen LogP) is 1.98. The molecule has 5 nitrogen and oxygen atoms in total. The van der Waals surface area contributed by atoms with Gasteiger partial charge in [-0.1, -0.05) is 11.6 Å². The van der Waals surface area contributed by atoms with Crippen LogP contribution >= 0.6 is 11.6 Å². The topological polar surface area (TPSA) is 64.2 Å². The Balaban J connectivity index is 2.30. The molecule has 0 aliphatic rings. The number of halogens is 1. The van der Waals surface area contributed by atoms with Crippen LogP contribution in [0.5, 0.6) is 0 Å². The van der Waals surface area contributed by atoms with Crippen LogP contribution in [0.25, 0.3) is 0 Å². The lowest BCUT2D eigenvalue weighted by Crippen LogP contribution is -2.26. The maximum Gasteiger partial charge on any atom is 0.269 e. The van der Waals surface area contributed by atoms with Crippen LogP contribution in [0.15, 0.2) is 35.3 Å². The number of nitrogens with two attached hydrogens (primary N) is 1. The largest absolute Gasteiger partial charge is 0.399 e. The second-order valence-corrected chi connectivity index (χ2v) is 4.98. The van der Waals surface area contributed by atoms with E-state index in [1.165, 1.54) is 4.68 Å². The van der Waals surface area contributed by atoms with E-state index in [1.807, 2.05) is 18.9 Å². The van der Waals surface area contributed by atoms with Gasteiger partial charge in [0.1, 0.15) is 0 Å². The van der Waals surface area contributed by atoms with Gasteiger partial charge in [0.25, 0.3) is 5.56 Å². The first-order valence-electron chi connectivity index (χ1n) is 6.33. The minimum atomic E-state index is -0.165. The number of aromatic nitrogens is 2. The highest BCUT2D eigenvalue weighted by molar-refractivity contribution is 6.31. The lowest BCUT2D eigenvalue weighted by molar-refractivity contribution is 0.638. The van der Waals surface area contributed by atoms with Crippen LogP contribution in [0.2, 0.25) is 5.02 Å². The fourth-order valence-electron chi connectivity index (χ4n) is 1.81. The van der Waals surface area contributed by atoms with Crippen molar-refractivity contribution < 1.29 is 0 Å². The molecule has 1 aromatic carbocycles. The van der Waals surface area contributed by atoms with Gasteiger partial charge in [-0.05, 0) is 30.7 Å². The van der Waals surface area contributed by atoms with E-state index in [0.29, 0.717) is 17.3 Å². The highest BCUT2D eigenvalue weighted by Gasteiger charge is 2.07. The Kier molecular flexibility index (Phi) is 4.29. The van der Waals surface area contributed by atoms with Crippen molar-refractivity contribution in [2.24, 2.45) is 0 Å². The van der Waals surface area contributed by atoms with Crippen molar-refractivity contribution in [2.75, 3.05) is 24.2 Å². The summed E-state index contributed by atoms with van der Waals surface area (Å²) < 4.78 is 1.37. The Hall–Kier alpha value is -2.01. The fourth-order valence-corrected chi connectivity index (χ4v) is 1.99. The Labute approximate surface area is 122 Å². The molecular weight excluding hydrogens is 276 g/mol. The molecule has 0 fully saturated rings. The lowest BCUT2D eigenvalue weighted by atomic mass is 10.2. The molecule has 1 heterocycles. The van der Waals surface area contributed by atoms with Gasteiger partial charge in [-0.25, -0.2) is 4.68 Å². The molecule has 0 saturated heterocycles. The van der Waals surface area contributed by atoms with Gasteiger partial charge in [-0.15, -0.1) is 0 Å². The molecule has 0 spiro atoms. The van der Waals surface area contributed by atoms with Crippen molar-refractivity contribution in [3.8, 4) is 0 Å². The van der Waals surface area contributed by atoms with Gasteiger partial charge in [0.15, 0.2) is 0 Å². The van der Waals surface area contributed by atoms with Crippen molar-refractivity contribution in [3.05, 3.63) is 51.4 Å². The Morgan fingerprint density at radius 3 is 2.80 bits per heavy atom. The number of hydrogen-bond acceptors (Lipinski definition) is 4. The highest BCUT2D eigenvalue weighted by Crippen LogP contribution is 2.19. The summed E-state index contributed by atoms with van der Waals surface area (Å²) in [7, 11) is 1.91. The molecule has 0 bridgehead atoms. The quantitative estimate of drug-likeness (QED) is 0.875. The standard InChI is InChI=1S/C14H17ClN4O/c1-3-18(2)12-7-14(20)19(17-8-12)9-10-6-11(16)4-5-13(10)15/h4-8H,3,9,16H2,1-2H3. The van der Waals surface area contributed by atoms with Gasteiger partial charge < -0.3 is 10.6 Å².